The second kappa shape index (κ2) is 6.98. The third kappa shape index (κ3) is 3.54. The molecule has 2 aliphatic heterocycles. The third-order valence-corrected chi connectivity index (χ3v) is 5.52. The molecular weight excluding hydrogens is 318 g/mol. The van der Waals surface area contributed by atoms with E-state index in [0.717, 1.165) is 36.7 Å². The molecule has 5 nitrogen and oxygen atoms in total. The summed E-state index contributed by atoms with van der Waals surface area (Å²) in [5.74, 6) is 1.60. The minimum atomic E-state index is -0.768. The molecule has 1 aromatic carbocycles. The second-order valence-corrected chi connectivity index (χ2v) is 7.78. The van der Waals surface area contributed by atoms with Crippen molar-refractivity contribution in [3.63, 3.8) is 0 Å². The molecule has 138 valence electrons. The summed E-state index contributed by atoms with van der Waals surface area (Å²) < 4.78 is 16.6. The second-order valence-electron chi connectivity index (χ2n) is 7.78. The Morgan fingerprint density at radius 1 is 1.28 bits per heavy atom. The zero-order valence-electron chi connectivity index (χ0n) is 15.7. The number of methoxy groups -OCH3 is 2. The molecule has 0 amide bonds. The Balaban J connectivity index is 1.71. The molecule has 5 heteroatoms. The first-order chi connectivity index (χ1) is 11.9. The van der Waals surface area contributed by atoms with E-state index in [2.05, 4.69) is 30.9 Å². The molecule has 0 radical (unpaired) electrons. The molecule has 3 rings (SSSR count). The zero-order valence-corrected chi connectivity index (χ0v) is 15.7. The van der Waals surface area contributed by atoms with Crippen molar-refractivity contribution in [2.45, 2.75) is 25.9 Å². The van der Waals surface area contributed by atoms with Crippen molar-refractivity contribution in [3.8, 4) is 11.5 Å². The van der Waals surface area contributed by atoms with Gasteiger partial charge in [-0.25, -0.2) is 0 Å². The molecule has 1 saturated heterocycles. The number of likely N-dealkylation sites (tertiary alicyclic amines) is 1. The van der Waals surface area contributed by atoms with Crippen molar-refractivity contribution in [2.75, 3.05) is 47.1 Å². The molecule has 0 aliphatic carbocycles. The summed E-state index contributed by atoms with van der Waals surface area (Å²) in [6, 6.07) is 5.95. The van der Waals surface area contributed by atoms with E-state index < -0.39 is 5.60 Å². The average Bonchev–Trinajstić information content (AvgIpc) is 2.58. The molecule has 25 heavy (non-hydrogen) atoms. The monoisotopic (exact) mass is 347 g/mol. The predicted octanol–water partition coefficient (Wildman–Crippen LogP) is 2.58. The number of rotatable bonds is 5. The van der Waals surface area contributed by atoms with Crippen LogP contribution in [0.5, 0.6) is 11.5 Å². The molecule has 0 saturated carbocycles. The van der Waals surface area contributed by atoms with Gasteiger partial charge in [0.2, 0.25) is 0 Å². The van der Waals surface area contributed by atoms with Crippen LogP contribution in [0.4, 0.5) is 0 Å². The fourth-order valence-electron chi connectivity index (χ4n) is 3.87. The van der Waals surface area contributed by atoms with Gasteiger partial charge in [-0.15, -0.1) is 0 Å². The van der Waals surface area contributed by atoms with Gasteiger partial charge in [0.1, 0.15) is 6.61 Å². The fourth-order valence-corrected chi connectivity index (χ4v) is 3.87. The lowest BCUT2D eigenvalue weighted by Crippen LogP contribution is -2.59. The van der Waals surface area contributed by atoms with Crippen molar-refractivity contribution >= 4 is 6.08 Å². The highest BCUT2D eigenvalue weighted by Gasteiger charge is 2.47. The van der Waals surface area contributed by atoms with Crippen LogP contribution in [-0.4, -0.2) is 62.7 Å². The SMILES string of the molecule is COC[C@]1(O)CCN(CC2=Cc3cccc(OC)c3OC2)CC1(C)C. The maximum Gasteiger partial charge on any atom is 0.168 e. The maximum absolute atomic E-state index is 10.9. The Hall–Kier alpha value is -1.56. The van der Waals surface area contributed by atoms with E-state index in [9.17, 15) is 5.11 Å². The molecule has 1 aromatic rings. The summed E-state index contributed by atoms with van der Waals surface area (Å²) in [7, 11) is 3.31. The molecule has 1 N–H and O–H groups in total. The summed E-state index contributed by atoms with van der Waals surface area (Å²) in [6.45, 7) is 7.72. The first-order valence-corrected chi connectivity index (χ1v) is 8.81. The van der Waals surface area contributed by atoms with Crippen molar-refractivity contribution in [1.82, 2.24) is 4.90 Å². The van der Waals surface area contributed by atoms with Gasteiger partial charge < -0.3 is 19.3 Å². The van der Waals surface area contributed by atoms with Crippen molar-refractivity contribution in [1.29, 1.82) is 0 Å². The smallest absolute Gasteiger partial charge is 0.168 e. The summed E-state index contributed by atoms with van der Waals surface area (Å²) in [6.07, 6.45) is 2.91. The Kier molecular flexibility index (Phi) is 5.09. The predicted molar refractivity (Wildman–Crippen MR) is 98.1 cm³/mol. The van der Waals surface area contributed by atoms with Crippen LogP contribution in [0.3, 0.4) is 0 Å². The number of piperidine rings is 1. The summed E-state index contributed by atoms with van der Waals surface area (Å²) in [4.78, 5) is 2.39. The number of aliphatic hydroxyl groups is 1. The quantitative estimate of drug-likeness (QED) is 0.887. The van der Waals surface area contributed by atoms with Crippen molar-refractivity contribution in [2.24, 2.45) is 5.41 Å². The Morgan fingerprint density at radius 2 is 2.08 bits per heavy atom. The first kappa shape index (κ1) is 18.2. The number of hydrogen-bond acceptors (Lipinski definition) is 5. The standard InChI is InChI=1S/C20H29NO4/c1-19(2)13-21(9-8-20(19,22)14-23-3)11-15-10-16-6-5-7-17(24-4)18(16)25-12-15/h5-7,10,22H,8-9,11-14H2,1-4H3/t20-/m1/s1. The molecular formula is C20H29NO4. The molecule has 2 heterocycles. The van der Waals surface area contributed by atoms with E-state index in [1.54, 1.807) is 14.2 Å². The van der Waals surface area contributed by atoms with Gasteiger partial charge in [0.25, 0.3) is 0 Å². The van der Waals surface area contributed by atoms with Crippen molar-refractivity contribution < 1.29 is 19.3 Å². The van der Waals surface area contributed by atoms with Crippen LogP contribution in [0.1, 0.15) is 25.8 Å². The number of nitrogens with zero attached hydrogens (tertiary/aromatic N) is 1. The first-order valence-electron chi connectivity index (χ1n) is 8.81. The Bertz CT molecular complexity index is 655. The van der Waals surface area contributed by atoms with Gasteiger partial charge in [0.05, 0.1) is 19.3 Å². The Labute approximate surface area is 150 Å². The molecule has 0 unspecified atom stereocenters. The van der Waals surface area contributed by atoms with Crippen LogP contribution in [0, 0.1) is 5.41 Å². The van der Waals surface area contributed by atoms with Crippen LogP contribution >= 0.6 is 0 Å². The number of fused-ring (bicyclic) bond motifs is 1. The normalized spacial score (nSPS) is 25.7. The van der Waals surface area contributed by atoms with Gasteiger partial charge in [-0.2, -0.15) is 0 Å². The minimum Gasteiger partial charge on any atom is -0.493 e. The lowest BCUT2D eigenvalue weighted by molar-refractivity contribution is -0.149. The van der Waals surface area contributed by atoms with E-state index in [1.807, 2.05) is 12.1 Å². The van der Waals surface area contributed by atoms with Crippen LogP contribution in [0.2, 0.25) is 0 Å². The Morgan fingerprint density at radius 3 is 2.76 bits per heavy atom. The van der Waals surface area contributed by atoms with E-state index >= 15 is 0 Å². The number of hydrogen-bond donors (Lipinski definition) is 1. The number of ether oxygens (including phenoxy) is 3. The topological polar surface area (TPSA) is 51.2 Å². The lowest BCUT2D eigenvalue weighted by atomic mass is 9.70. The highest BCUT2D eigenvalue weighted by Crippen LogP contribution is 2.40. The molecule has 0 spiro atoms. The van der Waals surface area contributed by atoms with Crippen molar-refractivity contribution in [3.05, 3.63) is 29.3 Å². The summed E-state index contributed by atoms with van der Waals surface area (Å²) in [5, 5.41) is 10.9. The minimum absolute atomic E-state index is 0.224. The van der Waals surface area contributed by atoms with E-state index in [-0.39, 0.29) is 5.41 Å². The number of para-hydroxylation sites is 1. The van der Waals surface area contributed by atoms with Crippen LogP contribution in [0.15, 0.2) is 23.8 Å². The van der Waals surface area contributed by atoms with Gasteiger partial charge in [-0.3, -0.25) is 4.90 Å². The fraction of sp³-hybridized carbons (Fsp3) is 0.600. The molecule has 0 bridgehead atoms. The van der Waals surface area contributed by atoms with Gasteiger partial charge >= 0.3 is 0 Å². The van der Waals surface area contributed by atoms with E-state index in [1.165, 1.54) is 5.57 Å². The largest absolute Gasteiger partial charge is 0.493 e. The molecule has 1 atom stereocenters. The average molecular weight is 347 g/mol. The summed E-state index contributed by atoms with van der Waals surface area (Å²) in [5.41, 5.74) is 1.32. The van der Waals surface area contributed by atoms with Gasteiger partial charge in [-0.05, 0) is 24.1 Å². The van der Waals surface area contributed by atoms with Gasteiger partial charge in [0.15, 0.2) is 11.5 Å². The van der Waals surface area contributed by atoms with E-state index in [4.69, 9.17) is 14.2 Å². The van der Waals surface area contributed by atoms with Crippen LogP contribution < -0.4 is 9.47 Å². The molecule has 0 aromatic heterocycles. The van der Waals surface area contributed by atoms with Crippen LogP contribution in [0.25, 0.3) is 6.08 Å². The van der Waals surface area contributed by atoms with Gasteiger partial charge in [0, 0.05) is 37.7 Å². The van der Waals surface area contributed by atoms with Crippen LogP contribution in [-0.2, 0) is 4.74 Å². The van der Waals surface area contributed by atoms with E-state index in [0.29, 0.717) is 19.6 Å². The number of benzene rings is 1. The molecule has 1 fully saturated rings. The van der Waals surface area contributed by atoms with Gasteiger partial charge in [-0.1, -0.05) is 26.0 Å². The summed E-state index contributed by atoms with van der Waals surface area (Å²) >= 11 is 0. The molecule has 2 aliphatic rings. The highest BCUT2D eigenvalue weighted by molar-refractivity contribution is 5.66. The zero-order chi connectivity index (χ0) is 18.1. The third-order valence-electron chi connectivity index (χ3n) is 5.52. The highest BCUT2D eigenvalue weighted by atomic mass is 16.5. The lowest BCUT2D eigenvalue weighted by Gasteiger charge is -2.50. The maximum atomic E-state index is 10.9.